The molecule has 0 radical (unpaired) electrons. The minimum atomic E-state index is 0.633. The molecule has 8 heteroatoms. The zero-order valence-corrected chi connectivity index (χ0v) is 40.2. The van der Waals surface area contributed by atoms with Crippen LogP contribution in [0.1, 0.15) is 5.56 Å². The second-order valence-corrected chi connectivity index (χ2v) is 20.4. The van der Waals surface area contributed by atoms with Crippen molar-refractivity contribution in [2.75, 3.05) is 0 Å². The van der Waals surface area contributed by atoms with Gasteiger partial charge in [-0.2, -0.15) is 0 Å². The third kappa shape index (κ3) is 7.59. The van der Waals surface area contributed by atoms with Crippen molar-refractivity contribution in [3.63, 3.8) is 0 Å². The number of aromatic nitrogens is 5. The Labute approximate surface area is 415 Å². The summed E-state index contributed by atoms with van der Waals surface area (Å²) in [5, 5.41) is 6.00. The molecule has 5 aromatic heterocycles. The molecule has 0 atom stereocenters. The average molecular weight is 950 g/mol. The van der Waals surface area contributed by atoms with Gasteiger partial charge in [-0.1, -0.05) is 194 Å². The zero-order valence-electron chi connectivity index (χ0n) is 37.7. The Morgan fingerprint density at radius 3 is 1.59 bits per heavy atom. The molecule has 0 aliphatic heterocycles. The fourth-order valence-electron chi connectivity index (χ4n) is 9.34. The van der Waals surface area contributed by atoms with Crippen molar-refractivity contribution >= 4 is 94.7 Å². The molecule has 9 aromatic carbocycles. The predicted octanol–water partition coefficient (Wildman–Crippen LogP) is 17.8. The van der Waals surface area contributed by atoms with E-state index in [1.807, 2.05) is 65.9 Å². The van der Waals surface area contributed by atoms with Gasteiger partial charge in [-0.05, 0) is 48.4 Å². The summed E-state index contributed by atoms with van der Waals surface area (Å²) in [4.78, 5) is 26.1. The molecular weight excluding hydrogens is 911 g/mol. The number of nitrogens with zero attached hydrogens (tertiary/aromatic N) is 5. The first kappa shape index (κ1) is 41.9. The molecule has 14 rings (SSSR count). The van der Waals surface area contributed by atoms with Crippen LogP contribution in [0.25, 0.3) is 129 Å². The number of hydrogen-bond donors (Lipinski definition) is 0. The fraction of sp³-hybridized carbons (Fsp3) is 0.0161. The Hall–Kier alpha value is -8.27. The van der Waals surface area contributed by atoms with Crippen LogP contribution in [0.4, 0.5) is 0 Å². The maximum absolute atomic E-state index is 5.30. The summed E-state index contributed by atoms with van der Waals surface area (Å²) >= 11 is 5.38. The minimum absolute atomic E-state index is 0.633. The predicted molar refractivity (Wildman–Crippen MR) is 298 cm³/mol. The monoisotopic (exact) mass is 949 g/mol. The van der Waals surface area contributed by atoms with Crippen molar-refractivity contribution in [1.82, 2.24) is 24.9 Å². The molecule has 14 aromatic rings. The lowest BCUT2D eigenvalue weighted by Crippen LogP contribution is -2.00. The van der Waals surface area contributed by atoms with E-state index in [1.54, 1.807) is 22.7 Å². The highest BCUT2D eigenvalue weighted by Crippen LogP contribution is 2.45. The highest BCUT2D eigenvalue weighted by atomic mass is 32.1. The molecule has 70 heavy (non-hydrogen) atoms. The van der Waals surface area contributed by atoms with E-state index in [0.717, 1.165) is 71.3 Å². The van der Waals surface area contributed by atoms with Gasteiger partial charge < -0.3 is 0 Å². The number of aryl methyl sites for hydroxylation is 1. The van der Waals surface area contributed by atoms with Crippen LogP contribution < -0.4 is 0 Å². The highest BCUT2D eigenvalue weighted by molar-refractivity contribution is 7.27. The molecule has 0 saturated heterocycles. The van der Waals surface area contributed by atoms with Gasteiger partial charge in [-0.3, -0.25) is 0 Å². The fourth-order valence-corrected chi connectivity index (χ4v) is 12.9. The van der Waals surface area contributed by atoms with Gasteiger partial charge in [0, 0.05) is 78.2 Å². The van der Waals surface area contributed by atoms with Crippen molar-refractivity contribution < 1.29 is 0 Å². The lowest BCUT2D eigenvalue weighted by molar-refractivity contribution is 1.08. The zero-order chi connectivity index (χ0) is 46.5. The summed E-state index contributed by atoms with van der Waals surface area (Å²) < 4.78 is 7.20. The first-order chi connectivity index (χ1) is 34.6. The summed E-state index contributed by atoms with van der Waals surface area (Å²) in [5.74, 6) is 2.63. The van der Waals surface area contributed by atoms with Crippen LogP contribution in [0.3, 0.4) is 0 Å². The van der Waals surface area contributed by atoms with Gasteiger partial charge in [0.15, 0.2) is 23.3 Å². The minimum Gasteiger partial charge on any atom is -0.226 e. The largest absolute Gasteiger partial charge is 0.226 e. The van der Waals surface area contributed by atoms with Gasteiger partial charge in [-0.25, -0.2) is 24.9 Å². The number of rotatable bonds is 6. The number of benzene rings is 9. The number of hydrogen-bond acceptors (Lipinski definition) is 8. The molecule has 0 bridgehead atoms. The van der Waals surface area contributed by atoms with Gasteiger partial charge in [0.05, 0.1) is 15.9 Å². The van der Waals surface area contributed by atoms with Crippen molar-refractivity contribution in [2.45, 2.75) is 6.92 Å². The van der Waals surface area contributed by atoms with Crippen molar-refractivity contribution in [1.29, 1.82) is 0 Å². The molecular formula is C62H39N5S3. The van der Waals surface area contributed by atoms with E-state index >= 15 is 0 Å². The molecule has 0 unspecified atom stereocenters. The molecule has 0 N–H and O–H groups in total. The van der Waals surface area contributed by atoms with Crippen LogP contribution in [0.2, 0.25) is 0 Å². The molecule has 330 valence electrons. The summed E-state index contributed by atoms with van der Waals surface area (Å²) in [7, 11) is 0. The van der Waals surface area contributed by atoms with Crippen LogP contribution in [-0.4, -0.2) is 24.9 Å². The highest BCUT2D eigenvalue weighted by Gasteiger charge is 2.21. The van der Waals surface area contributed by atoms with E-state index in [4.69, 9.17) is 24.9 Å². The van der Waals surface area contributed by atoms with Gasteiger partial charge in [0.2, 0.25) is 0 Å². The summed E-state index contributed by atoms with van der Waals surface area (Å²) in [5.41, 5.74) is 10.5. The third-order valence-electron chi connectivity index (χ3n) is 12.7. The Morgan fingerprint density at radius 1 is 0.300 bits per heavy atom. The Bertz CT molecular complexity index is 4260. The second kappa shape index (κ2) is 17.7. The summed E-state index contributed by atoms with van der Waals surface area (Å²) in [6, 6.07) is 76.3. The van der Waals surface area contributed by atoms with Gasteiger partial charge in [0.25, 0.3) is 0 Å². The van der Waals surface area contributed by atoms with E-state index in [1.165, 1.54) is 45.4 Å². The first-order valence-electron chi connectivity index (χ1n) is 23.1. The second-order valence-electron chi connectivity index (χ2n) is 17.2. The van der Waals surface area contributed by atoms with Crippen molar-refractivity contribution in [3.8, 4) is 67.9 Å². The number of fused-ring (bicyclic) bond motifs is 9. The van der Waals surface area contributed by atoms with Crippen molar-refractivity contribution in [3.05, 3.63) is 224 Å². The van der Waals surface area contributed by atoms with Crippen LogP contribution in [0, 0.1) is 6.92 Å². The van der Waals surface area contributed by atoms with E-state index < -0.39 is 0 Å². The van der Waals surface area contributed by atoms with E-state index in [-0.39, 0.29) is 0 Å². The van der Waals surface area contributed by atoms with Crippen LogP contribution in [0.5, 0.6) is 0 Å². The van der Waals surface area contributed by atoms with Crippen LogP contribution in [0.15, 0.2) is 218 Å². The third-order valence-corrected chi connectivity index (χ3v) is 16.2. The summed E-state index contributed by atoms with van der Waals surface area (Å²) in [6.45, 7) is 2.08. The van der Waals surface area contributed by atoms with Crippen LogP contribution in [-0.2, 0) is 0 Å². The normalized spacial score (nSPS) is 11.5. The maximum atomic E-state index is 5.30. The van der Waals surface area contributed by atoms with Crippen LogP contribution >= 0.6 is 34.0 Å². The molecule has 5 heterocycles. The smallest absolute Gasteiger partial charge is 0.164 e. The Kier molecular flexibility index (Phi) is 10.6. The molecule has 5 nitrogen and oxygen atoms in total. The molecule has 0 aliphatic rings. The number of thiophene rings is 3. The molecule has 0 aliphatic carbocycles. The SMILES string of the molecule is Cc1ccccc1.c1ccc(-c2nc(-c3cccc(-c4cccc5c4sc4ccccc45)c3)nc(-c3cccc4sc5cc(-c6nc(-c7ccccc7)nc7c6sc6ccccc67)ccc5c34)n2)cc1. The maximum Gasteiger partial charge on any atom is 0.164 e. The molecule has 0 amide bonds. The van der Waals surface area contributed by atoms with E-state index in [2.05, 4.69) is 171 Å². The van der Waals surface area contributed by atoms with Gasteiger partial charge >= 0.3 is 0 Å². The molecule has 0 saturated carbocycles. The summed E-state index contributed by atoms with van der Waals surface area (Å²) in [6.07, 6.45) is 0. The Balaban J connectivity index is 0.000000634. The first-order valence-corrected chi connectivity index (χ1v) is 25.6. The molecule has 0 spiro atoms. The topological polar surface area (TPSA) is 64.5 Å². The van der Waals surface area contributed by atoms with Crippen molar-refractivity contribution in [2.24, 2.45) is 0 Å². The standard InChI is InChI=1S/C55H31N5S3.C7H8/c1-3-14-32(15-4-1)52-56-48(51-49(57-52)41-21-8-10-26-44(41)63-51)35-28-29-40-46(31-35)61-45-27-13-24-42(47(40)45)55-59-53(33-16-5-2-6-17-33)58-54(60-55)36-19-11-18-34(30-36)37-22-12-23-39-38-20-7-9-25-43(38)62-50(37)39;1-7-5-3-2-4-6-7/h1-31H;2-6H,1H3. The lowest BCUT2D eigenvalue weighted by atomic mass is 10.0. The van der Waals surface area contributed by atoms with Gasteiger partial charge in [-0.15, -0.1) is 34.0 Å². The van der Waals surface area contributed by atoms with E-state index in [9.17, 15) is 0 Å². The van der Waals surface area contributed by atoms with Gasteiger partial charge in [0.1, 0.15) is 0 Å². The quantitative estimate of drug-likeness (QED) is 0.166. The lowest BCUT2D eigenvalue weighted by Gasteiger charge is -2.11. The molecule has 0 fully saturated rings. The average Bonchev–Trinajstić information content (AvgIpc) is 4.13. The Morgan fingerprint density at radius 2 is 0.843 bits per heavy atom. The van der Waals surface area contributed by atoms with E-state index in [0.29, 0.717) is 17.5 Å².